The number of rotatable bonds is 3. The van der Waals surface area contributed by atoms with Gasteiger partial charge in [-0.1, -0.05) is 31.5 Å². The van der Waals surface area contributed by atoms with Crippen LogP contribution in [0.15, 0.2) is 34.9 Å². The van der Waals surface area contributed by atoms with E-state index in [0.29, 0.717) is 6.61 Å². The fraction of sp³-hybridized carbons (Fsp3) is 0.308. The number of nitrogens with zero attached hydrogens (tertiary/aromatic N) is 1. The molecule has 90 valence electrons. The zero-order chi connectivity index (χ0) is 12.3. The predicted octanol–water partition coefficient (Wildman–Crippen LogP) is 4.19. The van der Waals surface area contributed by atoms with Gasteiger partial charge in [0.05, 0.1) is 12.1 Å². The molecule has 0 unspecified atom stereocenters. The van der Waals surface area contributed by atoms with E-state index >= 15 is 0 Å². The minimum Gasteiger partial charge on any atom is -0.449 e. The van der Waals surface area contributed by atoms with Crippen molar-refractivity contribution in [2.24, 2.45) is 0 Å². The summed E-state index contributed by atoms with van der Waals surface area (Å²) in [6.07, 6.45) is 3.34. The molecule has 0 fully saturated rings. The third-order valence-electron chi connectivity index (χ3n) is 2.58. The third-order valence-corrected chi connectivity index (χ3v) is 3.22. The standard InChI is InChI=1S/C13H14BrNO2/c1-2-3-8-17-13(16)15-9-11(14)10-6-4-5-7-12(10)15/h4-7,9H,2-3,8H2,1H3. The molecule has 0 aliphatic rings. The van der Waals surface area contributed by atoms with Crippen LogP contribution in [0, 0.1) is 0 Å². The van der Waals surface area contributed by atoms with Crippen LogP contribution in [0.1, 0.15) is 19.8 Å². The van der Waals surface area contributed by atoms with E-state index in [-0.39, 0.29) is 6.09 Å². The first kappa shape index (κ1) is 12.2. The maximum Gasteiger partial charge on any atom is 0.418 e. The van der Waals surface area contributed by atoms with Gasteiger partial charge in [0, 0.05) is 16.1 Å². The molecule has 0 saturated heterocycles. The SMILES string of the molecule is CCCCOC(=O)n1cc(Br)c2ccccc21. The lowest BCUT2D eigenvalue weighted by Crippen LogP contribution is -2.13. The van der Waals surface area contributed by atoms with Crippen molar-refractivity contribution in [2.45, 2.75) is 19.8 Å². The average Bonchev–Trinajstić information content (AvgIpc) is 2.68. The maximum absolute atomic E-state index is 11.9. The number of fused-ring (bicyclic) bond motifs is 1. The summed E-state index contributed by atoms with van der Waals surface area (Å²) in [5.74, 6) is 0. The number of halogens is 1. The van der Waals surface area contributed by atoms with E-state index in [0.717, 1.165) is 28.2 Å². The van der Waals surface area contributed by atoms with Crippen molar-refractivity contribution < 1.29 is 9.53 Å². The fourth-order valence-electron chi connectivity index (χ4n) is 1.66. The Balaban J connectivity index is 2.26. The first-order valence-electron chi connectivity index (χ1n) is 5.66. The number of ether oxygens (including phenoxy) is 1. The van der Waals surface area contributed by atoms with Gasteiger partial charge in [0.15, 0.2) is 0 Å². The number of hydrogen-bond acceptors (Lipinski definition) is 2. The largest absolute Gasteiger partial charge is 0.449 e. The lowest BCUT2D eigenvalue weighted by molar-refractivity contribution is 0.147. The Hall–Kier alpha value is -1.29. The molecule has 0 N–H and O–H groups in total. The van der Waals surface area contributed by atoms with Crippen LogP contribution in [0.25, 0.3) is 10.9 Å². The normalized spacial score (nSPS) is 10.7. The summed E-state index contributed by atoms with van der Waals surface area (Å²) in [5, 5.41) is 1.01. The van der Waals surface area contributed by atoms with Crippen LogP contribution in [-0.4, -0.2) is 17.3 Å². The Labute approximate surface area is 108 Å². The van der Waals surface area contributed by atoms with Crippen LogP contribution in [0.3, 0.4) is 0 Å². The molecule has 17 heavy (non-hydrogen) atoms. The molecule has 0 saturated carbocycles. The Bertz CT molecular complexity index is 533. The van der Waals surface area contributed by atoms with E-state index < -0.39 is 0 Å². The topological polar surface area (TPSA) is 31.2 Å². The molecule has 2 rings (SSSR count). The first-order chi connectivity index (χ1) is 8.24. The first-order valence-corrected chi connectivity index (χ1v) is 6.46. The molecule has 0 aliphatic heterocycles. The van der Waals surface area contributed by atoms with E-state index in [2.05, 4.69) is 22.9 Å². The van der Waals surface area contributed by atoms with Crippen molar-refractivity contribution in [1.29, 1.82) is 0 Å². The number of carbonyl (C=O) groups excluding carboxylic acids is 1. The van der Waals surface area contributed by atoms with Crippen LogP contribution >= 0.6 is 15.9 Å². The smallest absolute Gasteiger partial charge is 0.418 e. The lowest BCUT2D eigenvalue weighted by atomic mass is 10.2. The summed E-state index contributed by atoms with van der Waals surface area (Å²) >= 11 is 3.44. The quantitative estimate of drug-likeness (QED) is 0.795. The van der Waals surface area contributed by atoms with Gasteiger partial charge in [0.2, 0.25) is 0 Å². The Morgan fingerprint density at radius 2 is 2.18 bits per heavy atom. The highest BCUT2D eigenvalue weighted by atomic mass is 79.9. The molecule has 0 atom stereocenters. The molecule has 4 heteroatoms. The van der Waals surface area contributed by atoms with Crippen LogP contribution in [0.5, 0.6) is 0 Å². The molecule has 0 amide bonds. The minimum atomic E-state index is -0.319. The molecule has 1 heterocycles. The zero-order valence-corrected chi connectivity index (χ0v) is 11.2. The average molecular weight is 296 g/mol. The Kier molecular flexibility index (Phi) is 3.84. The van der Waals surface area contributed by atoms with Crippen LogP contribution in [-0.2, 0) is 4.74 Å². The number of aromatic nitrogens is 1. The van der Waals surface area contributed by atoms with Crippen molar-refractivity contribution >= 4 is 32.9 Å². The second-order valence-corrected chi connectivity index (χ2v) is 4.69. The van der Waals surface area contributed by atoms with Crippen molar-refractivity contribution in [1.82, 2.24) is 4.57 Å². The van der Waals surface area contributed by atoms with Gasteiger partial charge in [0.25, 0.3) is 0 Å². The number of hydrogen-bond donors (Lipinski definition) is 0. The van der Waals surface area contributed by atoms with Gasteiger partial charge >= 0.3 is 6.09 Å². The molecule has 0 aliphatic carbocycles. The minimum absolute atomic E-state index is 0.319. The van der Waals surface area contributed by atoms with Crippen molar-refractivity contribution in [3.63, 3.8) is 0 Å². The van der Waals surface area contributed by atoms with Crippen molar-refractivity contribution in [3.05, 3.63) is 34.9 Å². The maximum atomic E-state index is 11.9. The van der Waals surface area contributed by atoms with Gasteiger partial charge in [0.1, 0.15) is 0 Å². The molecule has 1 aromatic heterocycles. The molecule has 1 aromatic carbocycles. The molecule has 3 nitrogen and oxygen atoms in total. The summed E-state index contributed by atoms with van der Waals surface area (Å²) in [6, 6.07) is 7.72. The van der Waals surface area contributed by atoms with Gasteiger partial charge < -0.3 is 4.74 Å². The third kappa shape index (κ3) is 2.52. The van der Waals surface area contributed by atoms with Gasteiger partial charge in [-0.05, 0) is 28.4 Å². The zero-order valence-electron chi connectivity index (χ0n) is 9.65. The summed E-state index contributed by atoms with van der Waals surface area (Å²) in [4.78, 5) is 11.9. The molecule has 0 bridgehead atoms. The lowest BCUT2D eigenvalue weighted by Gasteiger charge is -2.05. The molecule has 2 aromatic rings. The van der Waals surface area contributed by atoms with Crippen molar-refractivity contribution in [3.8, 4) is 0 Å². The van der Waals surface area contributed by atoms with Gasteiger partial charge in [-0.2, -0.15) is 0 Å². The van der Waals surface area contributed by atoms with Crippen LogP contribution in [0.2, 0.25) is 0 Å². The molecule has 0 spiro atoms. The highest BCUT2D eigenvalue weighted by Crippen LogP contribution is 2.25. The molecule has 0 radical (unpaired) electrons. The number of unbranched alkanes of at least 4 members (excludes halogenated alkanes) is 1. The predicted molar refractivity (Wildman–Crippen MR) is 71.3 cm³/mol. The monoisotopic (exact) mass is 295 g/mol. The summed E-state index contributed by atoms with van der Waals surface area (Å²) < 4.78 is 7.63. The van der Waals surface area contributed by atoms with E-state index in [1.165, 1.54) is 4.57 Å². The van der Waals surface area contributed by atoms with E-state index in [4.69, 9.17) is 4.74 Å². The fourth-order valence-corrected chi connectivity index (χ4v) is 2.20. The Morgan fingerprint density at radius 3 is 2.94 bits per heavy atom. The van der Waals surface area contributed by atoms with Gasteiger partial charge in [-0.3, -0.25) is 4.57 Å². The summed E-state index contributed by atoms with van der Waals surface area (Å²) in [6.45, 7) is 2.54. The number of para-hydroxylation sites is 1. The van der Waals surface area contributed by atoms with E-state index in [1.54, 1.807) is 6.20 Å². The molecular formula is C13H14BrNO2. The second-order valence-electron chi connectivity index (χ2n) is 3.83. The van der Waals surface area contributed by atoms with Crippen LogP contribution in [0.4, 0.5) is 4.79 Å². The summed E-state index contributed by atoms with van der Waals surface area (Å²) in [7, 11) is 0. The van der Waals surface area contributed by atoms with E-state index in [9.17, 15) is 4.79 Å². The van der Waals surface area contributed by atoms with Gasteiger partial charge in [-0.25, -0.2) is 4.79 Å². The van der Waals surface area contributed by atoms with E-state index in [1.807, 2.05) is 24.3 Å². The van der Waals surface area contributed by atoms with Crippen LogP contribution < -0.4 is 0 Å². The summed E-state index contributed by atoms with van der Waals surface area (Å²) in [5.41, 5.74) is 0.862. The Morgan fingerprint density at radius 1 is 1.41 bits per heavy atom. The second kappa shape index (κ2) is 5.36. The number of benzene rings is 1. The van der Waals surface area contributed by atoms with Gasteiger partial charge in [-0.15, -0.1) is 0 Å². The molecular weight excluding hydrogens is 282 g/mol. The highest BCUT2D eigenvalue weighted by molar-refractivity contribution is 9.10. The highest BCUT2D eigenvalue weighted by Gasteiger charge is 2.12. The van der Waals surface area contributed by atoms with Crippen molar-refractivity contribution in [2.75, 3.05) is 6.61 Å². The number of carbonyl (C=O) groups is 1.